The second kappa shape index (κ2) is 11.5. The first-order valence-electron chi connectivity index (χ1n) is 10.8. The van der Waals surface area contributed by atoms with Crippen LogP contribution >= 0.6 is 0 Å². The summed E-state index contributed by atoms with van der Waals surface area (Å²) >= 11 is 0. The van der Waals surface area contributed by atoms with Crippen LogP contribution in [0.25, 0.3) is 11.0 Å². The highest BCUT2D eigenvalue weighted by molar-refractivity contribution is 5.88. The Labute approximate surface area is 178 Å². The van der Waals surface area contributed by atoms with Crippen LogP contribution in [0.1, 0.15) is 76.3 Å². The van der Waals surface area contributed by atoms with Gasteiger partial charge in [-0.05, 0) is 44.9 Å². The summed E-state index contributed by atoms with van der Waals surface area (Å²) in [6, 6.07) is 7.33. The number of unbranched alkanes of at least 4 members (excludes halogenated alkanes) is 2. The Balaban J connectivity index is 1.94. The van der Waals surface area contributed by atoms with Crippen LogP contribution in [0.15, 0.2) is 29.1 Å². The fourth-order valence-electron chi connectivity index (χ4n) is 3.44. The highest BCUT2D eigenvalue weighted by Crippen LogP contribution is 2.19. The molecule has 0 bridgehead atoms. The molecule has 2 atom stereocenters. The van der Waals surface area contributed by atoms with Gasteiger partial charge in [0.1, 0.15) is 0 Å². The second-order valence-corrected chi connectivity index (χ2v) is 7.99. The number of hydrogen-bond acceptors (Lipinski definition) is 4. The lowest BCUT2D eigenvalue weighted by atomic mass is 10.1. The van der Waals surface area contributed by atoms with Crippen LogP contribution in [0.3, 0.4) is 0 Å². The van der Waals surface area contributed by atoms with Crippen LogP contribution in [-0.2, 0) is 0 Å². The number of fused-ring (bicyclic) bond motifs is 1. The third kappa shape index (κ3) is 6.43. The van der Waals surface area contributed by atoms with Gasteiger partial charge in [0.25, 0.3) is 5.56 Å². The van der Waals surface area contributed by atoms with Crippen molar-refractivity contribution in [2.45, 2.75) is 71.9 Å². The van der Waals surface area contributed by atoms with Crippen molar-refractivity contribution < 1.29 is 9.90 Å². The molecule has 6 heteroatoms. The maximum Gasteiger partial charge on any atom is 0.360 e. The number of nitrogens with one attached hydrogen (secondary N) is 1. The van der Waals surface area contributed by atoms with E-state index in [0.717, 1.165) is 38.6 Å². The average Bonchev–Trinajstić information content (AvgIpc) is 2.71. The van der Waals surface area contributed by atoms with Gasteiger partial charge < -0.3 is 15.0 Å². The molecule has 30 heavy (non-hydrogen) atoms. The number of carboxylic acids is 1. The van der Waals surface area contributed by atoms with E-state index in [9.17, 15) is 14.7 Å². The van der Waals surface area contributed by atoms with Gasteiger partial charge in [-0.1, -0.05) is 57.6 Å². The van der Waals surface area contributed by atoms with Crippen molar-refractivity contribution in [1.82, 2.24) is 14.9 Å². The normalized spacial score (nSPS) is 13.1. The molecule has 2 aromatic rings. The Kier molecular flexibility index (Phi) is 9.07. The van der Waals surface area contributed by atoms with Crippen molar-refractivity contribution in [3.63, 3.8) is 0 Å². The van der Waals surface area contributed by atoms with Crippen molar-refractivity contribution in [3.05, 3.63) is 40.3 Å². The minimum atomic E-state index is -1.29. The molecule has 0 fully saturated rings. The van der Waals surface area contributed by atoms with Crippen LogP contribution in [0.4, 0.5) is 0 Å². The molecule has 1 aromatic carbocycles. The van der Waals surface area contributed by atoms with Crippen molar-refractivity contribution in [1.29, 1.82) is 0 Å². The fraction of sp³-hybridized carbons (Fsp3) is 0.542. The average molecular weight is 412 g/mol. The van der Waals surface area contributed by atoms with Gasteiger partial charge in [0.2, 0.25) is 5.69 Å². The fourth-order valence-corrected chi connectivity index (χ4v) is 3.44. The Bertz CT molecular complexity index is 969. The summed E-state index contributed by atoms with van der Waals surface area (Å²) < 4.78 is 1.58. The molecule has 6 nitrogen and oxygen atoms in total. The quantitative estimate of drug-likeness (QED) is 0.451. The Morgan fingerprint density at radius 3 is 2.57 bits per heavy atom. The van der Waals surface area contributed by atoms with E-state index in [4.69, 9.17) is 0 Å². The molecule has 2 rings (SSSR count). The van der Waals surface area contributed by atoms with E-state index < -0.39 is 17.2 Å². The molecule has 2 N–H and O–H groups in total. The molecule has 0 saturated carbocycles. The number of aromatic carboxylic acids is 1. The number of carbonyl (C=O) groups is 1. The minimum Gasteiger partial charge on any atom is -0.476 e. The van der Waals surface area contributed by atoms with Crippen LogP contribution in [0.5, 0.6) is 0 Å². The van der Waals surface area contributed by atoms with Gasteiger partial charge in [-0.15, -0.1) is 0 Å². The molecule has 0 amide bonds. The standard InChI is InChI=1S/C24H33N3O3/c1-5-19(15-14-17(2)3)25-16-10-6-7-11-18(4)27-21-13-9-8-12-20(21)26-22(23(27)28)24(29)30/h8-9,12-13,17-19,25H,5-7,10-11,16H2,1-4H3,(H,29,30)/t18-,19?/m0/s1. The molecule has 1 unspecified atom stereocenters. The summed E-state index contributed by atoms with van der Waals surface area (Å²) in [6.45, 7) is 9.21. The molecule has 1 aromatic heterocycles. The molecule has 0 radical (unpaired) electrons. The Hall–Kier alpha value is -2.65. The van der Waals surface area contributed by atoms with Gasteiger partial charge in [0.15, 0.2) is 0 Å². The van der Waals surface area contributed by atoms with E-state index in [2.05, 4.69) is 42.9 Å². The van der Waals surface area contributed by atoms with Crippen LogP contribution in [0, 0.1) is 17.8 Å². The minimum absolute atomic E-state index is 0.100. The zero-order valence-corrected chi connectivity index (χ0v) is 18.4. The van der Waals surface area contributed by atoms with E-state index in [-0.39, 0.29) is 12.1 Å². The third-order valence-electron chi connectivity index (χ3n) is 5.08. The second-order valence-electron chi connectivity index (χ2n) is 7.99. The smallest absolute Gasteiger partial charge is 0.360 e. The monoisotopic (exact) mass is 411 g/mol. The summed E-state index contributed by atoms with van der Waals surface area (Å²) in [4.78, 5) is 28.2. The number of hydrogen-bond donors (Lipinski definition) is 2. The summed E-state index contributed by atoms with van der Waals surface area (Å²) in [5.74, 6) is 5.60. The third-order valence-corrected chi connectivity index (χ3v) is 5.08. The maximum absolute atomic E-state index is 12.7. The first kappa shape index (κ1) is 23.6. The number of rotatable bonds is 10. The number of aromatic nitrogens is 2. The Morgan fingerprint density at radius 2 is 1.90 bits per heavy atom. The lowest BCUT2D eigenvalue weighted by Crippen LogP contribution is -2.30. The molecule has 162 valence electrons. The number of para-hydroxylation sites is 2. The topological polar surface area (TPSA) is 84.2 Å². The van der Waals surface area contributed by atoms with Gasteiger partial charge in [0, 0.05) is 12.0 Å². The molecule has 1 heterocycles. The lowest BCUT2D eigenvalue weighted by Gasteiger charge is -2.18. The molecule has 0 aliphatic rings. The summed E-state index contributed by atoms with van der Waals surface area (Å²) in [5.41, 5.74) is 0.248. The summed E-state index contributed by atoms with van der Waals surface area (Å²) in [5, 5.41) is 12.8. The van der Waals surface area contributed by atoms with Gasteiger partial charge in [-0.3, -0.25) is 4.79 Å². The van der Waals surface area contributed by atoms with Crippen LogP contribution in [-0.4, -0.2) is 33.2 Å². The van der Waals surface area contributed by atoms with Gasteiger partial charge >= 0.3 is 5.97 Å². The maximum atomic E-state index is 12.7. The largest absolute Gasteiger partial charge is 0.476 e. The van der Waals surface area contributed by atoms with Crippen LogP contribution < -0.4 is 10.9 Å². The van der Waals surface area contributed by atoms with E-state index in [1.807, 2.05) is 19.1 Å². The van der Waals surface area contributed by atoms with E-state index >= 15 is 0 Å². The molecular formula is C24H33N3O3. The van der Waals surface area contributed by atoms with E-state index in [1.165, 1.54) is 0 Å². The van der Waals surface area contributed by atoms with Crippen molar-refractivity contribution in [2.24, 2.45) is 5.92 Å². The van der Waals surface area contributed by atoms with E-state index in [0.29, 0.717) is 17.0 Å². The first-order valence-corrected chi connectivity index (χ1v) is 10.8. The molecule has 0 spiro atoms. The van der Waals surface area contributed by atoms with E-state index in [1.54, 1.807) is 16.7 Å². The molecule has 0 saturated heterocycles. The van der Waals surface area contributed by atoms with Gasteiger partial charge in [0.05, 0.1) is 17.1 Å². The predicted molar refractivity (Wildman–Crippen MR) is 121 cm³/mol. The molecular weight excluding hydrogens is 378 g/mol. The van der Waals surface area contributed by atoms with Gasteiger partial charge in [-0.25, -0.2) is 9.78 Å². The van der Waals surface area contributed by atoms with Crippen LogP contribution in [0.2, 0.25) is 0 Å². The lowest BCUT2D eigenvalue weighted by molar-refractivity contribution is 0.0688. The number of benzene rings is 1. The van der Waals surface area contributed by atoms with Gasteiger partial charge in [-0.2, -0.15) is 0 Å². The zero-order valence-electron chi connectivity index (χ0n) is 18.4. The zero-order chi connectivity index (χ0) is 22.1. The Morgan fingerprint density at radius 1 is 1.17 bits per heavy atom. The highest BCUT2D eigenvalue weighted by Gasteiger charge is 2.19. The molecule has 0 aliphatic carbocycles. The van der Waals surface area contributed by atoms with Crippen molar-refractivity contribution in [3.8, 4) is 11.8 Å². The highest BCUT2D eigenvalue weighted by atomic mass is 16.4. The first-order chi connectivity index (χ1) is 14.3. The number of nitrogens with zero attached hydrogens (tertiary/aromatic N) is 2. The van der Waals surface area contributed by atoms with Crippen molar-refractivity contribution >= 4 is 17.0 Å². The molecule has 0 aliphatic heterocycles. The van der Waals surface area contributed by atoms with Crippen molar-refractivity contribution in [2.75, 3.05) is 6.54 Å². The summed E-state index contributed by atoms with van der Waals surface area (Å²) in [7, 11) is 0. The number of carboxylic acid groups (broad SMARTS) is 1. The summed E-state index contributed by atoms with van der Waals surface area (Å²) in [6.07, 6.45) is 4.83. The SMILES string of the molecule is CCC(C#CC(C)C)NCCCCC[C@H](C)n1c(=O)c(C(=O)O)nc2ccccc21. The predicted octanol–water partition coefficient (Wildman–Crippen LogP) is 4.24.